The number of carbonyl (C=O) groups is 2. The molecule has 0 aromatic heterocycles. The van der Waals surface area contributed by atoms with Gasteiger partial charge in [0.2, 0.25) is 11.8 Å². The molecule has 2 rings (SSSR count). The summed E-state index contributed by atoms with van der Waals surface area (Å²) in [6.07, 6.45) is 5.59. The number of rotatable bonds is 5. The molecule has 0 aromatic carbocycles. The van der Waals surface area contributed by atoms with Crippen LogP contribution in [0.3, 0.4) is 0 Å². The van der Waals surface area contributed by atoms with Crippen LogP contribution in [-0.2, 0) is 9.59 Å². The van der Waals surface area contributed by atoms with Gasteiger partial charge in [0.25, 0.3) is 0 Å². The largest absolute Gasteiger partial charge is 0.335 e. The highest BCUT2D eigenvalue weighted by molar-refractivity contribution is 8.23. The van der Waals surface area contributed by atoms with Gasteiger partial charge in [-0.15, -0.1) is 0 Å². The van der Waals surface area contributed by atoms with Crippen LogP contribution in [0.15, 0.2) is 12.2 Å². The predicted molar refractivity (Wildman–Crippen MR) is 94.7 cm³/mol. The summed E-state index contributed by atoms with van der Waals surface area (Å²) in [4.78, 5) is 28.3. The van der Waals surface area contributed by atoms with Crippen molar-refractivity contribution in [3.05, 3.63) is 12.2 Å². The molecule has 0 unspecified atom stereocenters. The second-order valence-electron chi connectivity index (χ2n) is 6.16. The Morgan fingerprint density at radius 3 is 2.86 bits per heavy atom. The van der Waals surface area contributed by atoms with Crippen LogP contribution in [0.5, 0.6) is 0 Å². The fraction of sp³-hybridized carbons (Fsp3) is 0.688. The molecule has 2 aliphatic heterocycles. The lowest BCUT2D eigenvalue weighted by molar-refractivity contribution is -0.132. The third-order valence-corrected chi connectivity index (χ3v) is 5.85. The summed E-state index contributed by atoms with van der Waals surface area (Å²) in [5.74, 6) is 1.49. The van der Waals surface area contributed by atoms with Crippen LogP contribution in [0.2, 0.25) is 0 Å². The highest BCUT2D eigenvalue weighted by Crippen LogP contribution is 2.31. The molecule has 2 saturated heterocycles. The standard InChI is InChI=1S/C16H24N2O2S2/c1-4-5-8-17-12(6-7-14(17)19)9-15(20)18-13(11(2)3)10-22-16(18)21/h4-5,11-13H,6-10H2,1-3H3/b5-4+/t12-,13+/m0/s1. The van der Waals surface area contributed by atoms with E-state index in [4.69, 9.17) is 12.2 Å². The molecule has 0 radical (unpaired) electrons. The lowest BCUT2D eigenvalue weighted by atomic mass is 10.0. The van der Waals surface area contributed by atoms with Crippen molar-refractivity contribution in [1.29, 1.82) is 0 Å². The molecule has 2 atom stereocenters. The first-order valence-corrected chi connectivity index (χ1v) is 9.24. The van der Waals surface area contributed by atoms with Crippen molar-refractivity contribution in [2.45, 2.75) is 52.1 Å². The quantitative estimate of drug-likeness (QED) is 0.570. The summed E-state index contributed by atoms with van der Waals surface area (Å²) in [5, 5.41) is 0. The van der Waals surface area contributed by atoms with Crippen molar-refractivity contribution in [3.63, 3.8) is 0 Å². The van der Waals surface area contributed by atoms with E-state index in [1.54, 1.807) is 16.7 Å². The maximum absolute atomic E-state index is 12.7. The molecular formula is C16H24N2O2S2. The van der Waals surface area contributed by atoms with Crippen molar-refractivity contribution in [2.75, 3.05) is 12.3 Å². The van der Waals surface area contributed by atoms with Gasteiger partial charge in [0.05, 0.1) is 0 Å². The monoisotopic (exact) mass is 340 g/mol. The molecule has 2 amide bonds. The Bertz CT molecular complexity index is 491. The lowest BCUT2D eigenvalue weighted by Gasteiger charge is -2.29. The fourth-order valence-corrected chi connectivity index (χ4v) is 4.65. The molecule has 2 aliphatic rings. The second-order valence-corrected chi connectivity index (χ2v) is 7.82. The van der Waals surface area contributed by atoms with E-state index in [-0.39, 0.29) is 23.9 Å². The lowest BCUT2D eigenvalue weighted by Crippen LogP contribution is -2.44. The molecule has 22 heavy (non-hydrogen) atoms. The number of hydrogen-bond acceptors (Lipinski definition) is 4. The van der Waals surface area contributed by atoms with E-state index in [1.165, 1.54) is 0 Å². The summed E-state index contributed by atoms with van der Waals surface area (Å²) in [5.41, 5.74) is 0. The van der Waals surface area contributed by atoms with Crippen LogP contribution in [-0.4, -0.2) is 50.3 Å². The zero-order chi connectivity index (χ0) is 16.3. The predicted octanol–water partition coefficient (Wildman–Crippen LogP) is 2.83. The summed E-state index contributed by atoms with van der Waals surface area (Å²) < 4.78 is 0.688. The average molecular weight is 341 g/mol. The van der Waals surface area contributed by atoms with Gasteiger partial charge in [-0.25, -0.2) is 0 Å². The first-order valence-electron chi connectivity index (χ1n) is 7.85. The summed E-state index contributed by atoms with van der Waals surface area (Å²) in [6.45, 7) is 6.78. The molecule has 0 bridgehead atoms. The van der Waals surface area contributed by atoms with Gasteiger partial charge in [-0.1, -0.05) is 50.0 Å². The molecule has 2 heterocycles. The molecule has 0 saturated carbocycles. The molecule has 4 nitrogen and oxygen atoms in total. The molecule has 6 heteroatoms. The average Bonchev–Trinajstić information content (AvgIpc) is 3.01. The number of carbonyl (C=O) groups excluding carboxylic acids is 2. The Morgan fingerprint density at radius 2 is 2.23 bits per heavy atom. The Balaban J connectivity index is 2.04. The highest BCUT2D eigenvalue weighted by Gasteiger charge is 2.39. The van der Waals surface area contributed by atoms with E-state index in [0.717, 1.165) is 12.2 Å². The Hall–Kier alpha value is -0.880. The number of likely N-dealkylation sites (tertiary alicyclic amines) is 1. The van der Waals surface area contributed by atoms with Crippen molar-refractivity contribution < 1.29 is 9.59 Å². The van der Waals surface area contributed by atoms with Gasteiger partial charge >= 0.3 is 0 Å². The topological polar surface area (TPSA) is 40.6 Å². The first-order chi connectivity index (χ1) is 10.5. The van der Waals surface area contributed by atoms with Gasteiger partial charge < -0.3 is 4.90 Å². The normalized spacial score (nSPS) is 26.0. The molecule has 0 aromatic rings. The minimum Gasteiger partial charge on any atom is -0.335 e. The van der Waals surface area contributed by atoms with Crippen LogP contribution < -0.4 is 0 Å². The Morgan fingerprint density at radius 1 is 1.50 bits per heavy atom. The second kappa shape index (κ2) is 7.59. The van der Waals surface area contributed by atoms with Gasteiger partial charge in [0, 0.05) is 37.2 Å². The van der Waals surface area contributed by atoms with E-state index in [1.807, 2.05) is 24.0 Å². The third kappa shape index (κ3) is 3.71. The van der Waals surface area contributed by atoms with E-state index in [2.05, 4.69) is 13.8 Å². The van der Waals surface area contributed by atoms with Gasteiger partial charge in [0.1, 0.15) is 4.32 Å². The maximum Gasteiger partial charge on any atom is 0.230 e. The fourth-order valence-electron chi connectivity index (χ4n) is 2.99. The number of allylic oxidation sites excluding steroid dienone is 1. The number of thioether (sulfide) groups is 1. The van der Waals surface area contributed by atoms with Crippen molar-refractivity contribution in [1.82, 2.24) is 9.80 Å². The van der Waals surface area contributed by atoms with Crippen LogP contribution in [0, 0.1) is 5.92 Å². The van der Waals surface area contributed by atoms with Gasteiger partial charge in [-0.05, 0) is 19.3 Å². The van der Waals surface area contributed by atoms with Gasteiger partial charge in [-0.3, -0.25) is 14.5 Å². The number of nitrogens with zero attached hydrogens (tertiary/aromatic N) is 2. The zero-order valence-electron chi connectivity index (χ0n) is 13.4. The van der Waals surface area contributed by atoms with Crippen LogP contribution in [0.1, 0.15) is 40.0 Å². The summed E-state index contributed by atoms with van der Waals surface area (Å²) >= 11 is 6.94. The zero-order valence-corrected chi connectivity index (χ0v) is 15.1. The van der Waals surface area contributed by atoms with Gasteiger partial charge in [0.15, 0.2) is 0 Å². The van der Waals surface area contributed by atoms with Crippen molar-refractivity contribution in [3.8, 4) is 0 Å². The van der Waals surface area contributed by atoms with Crippen LogP contribution >= 0.6 is 24.0 Å². The Kier molecular flexibility index (Phi) is 6.03. The van der Waals surface area contributed by atoms with Crippen LogP contribution in [0.4, 0.5) is 0 Å². The number of amides is 2. The Labute approximate surface area is 142 Å². The molecule has 0 spiro atoms. The first kappa shape index (κ1) is 17.5. The number of thiocarbonyl (C=S) groups is 1. The minimum atomic E-state index is 0.0115. The molecular weight excluding hydrogens is 316 g/mol. The maximum atomic E-state index is 12.7. The smallest absolute Gasteiger partial charge is 0.230 e. The SMILES string of the molecule is C/C=C/CN1C(=O)CC[C@H]1CC(=O)N1C(=S)SC[C@@H]1C(C)C. The molecule has 2 fully saturated rings. The highest BCUT2D eigenvalue weighted by atomic mass is 32.2. The summed E-state index contributed by atoms with van der Waals surface area (Å²) in [6, 6.07) is 0.198. The molecule has 0 aliphatic carbocycles. The van der Waals surface area contributed by atoms with E-state index in [9.17, 15) is 9.59 Å². The van der Waals surface area contributed by atoms with E-state index in [0.29, 0.717) is 29.6 Å². The van der Waals surface area contributed by atoms with Gasteiger partial charge in [-0.2, -0.15) is 0 Å². The van der Waals surface area contributed by atoms with E-state index >= 15 is 0 Å². The van der Waals surface area contributed by atoms with Crippen molar-refractivity contribution >= 4 is 40.1 Å². The van der Waals surface area contributed by atoms with E-state index < -0.39 is 0 Å². The van der Waals surface area contributed by atoms with Crippen molar-refractivity contribution in [2.24, 2.45) is 5.92 Å². The summed E-state index contributed by atoms with van der Waals surface area (Å²) in [7, 11) is 0. The molecule has 0 N–H and O–H groups in total. The number of hydrogen-bond donors (Lipinski definition) is 0. The minimum absolute atomic E-state index is 0.0115. The van der Waals surface area contributed by atoms with Crippen LogP contribution in [0.25, 0.3) is 0 Å². The third-order valence-electron chi connectivity index (χ3n) is 4.34. The molecule has 122 valence electrons.